The molecule has 0 amide bonds. The van der Waals surface area contributed by atoms with Crippen molar-refractivity contribution in [3.05, 3.63) is 69.9 Å². The highest BCUT2D eigenvalue weighted by molar-refractivity contribution is 9.10. The maximum Gasteiger partial charge on any atom is 0.140 e. The van der Waals surface area contributed by atoms with E-state index in [1.807, 2.05) is 0 Å². The molecule has 1 heterocycles. The second-order valence-corrected chi connectivity index (χ2v) is 5.31. The van der Waals surface area contributed by atoms with Gasteiger partial charge in [0.25, 0.3) is 0 Å². The molecule has 1 unspecified atom stereocenters. The van der Waals surface area contributed by atoms with Gasteiger partial charge in [0.2, 0.25) is 0 Å². The van der Waals surface area contributed by atoms with Crippen LogP contribution in [0.2, 0.25) is 0 Å². The molecule has 1 aromatic heterocycles. The summed E-state index contributed by atoms with van der Waals surface area (Å²) in [5.41, 5.74) is 0.537. The van der Waals surface area contributed by atoms with Crippen molar-refractivity contribution in [1.82, 2.24) is 0 Å². The van der Waals surface area contributed by atoms with Crippen molar-refractivity contribution in [2.75, 3.05) is 0 Å². The third-order valence-corrected chi connectivity index (χ3v) is 3.51. The summed E-state index contributed by atoms with van der Waals surface area (Å²) in [4.78, 5) is 0. The predicted molar refractivity (Wildman–Crippen MR) is 74.3 cm³/mol. The smallest absolute Gasteiger partial charge is 0.140 e. The lowest BCUT2D eigenvalue weighted by molar-refractivity contribution is 0.187. The van der Waals surface area contributed by atoms with Crippen LogP contribution >= 0.6 is 15.9 Å². The van der Waals surface area contributed by atoms with Crippen molar-refractivity contribution in [3.8, 4) is 0 Å². The van der Waals surface area contributed by atoms with Crippen molar-refractivity contribution in [3.63, 3.8) is 0 Å². The van der Waals surface area contributed by atoms with Gasteiger partial charge in [-0.25, -0.2) is 8.78 Å². The third kappa shape index (κ3) is 2.34. The first-order chi connectivity index (χ1) is 9.54. The van der Waals surface area contributed by atoms with Gasteiger partial charge in [0.1, 0.15) is 29.1 Å². The van der Waals surface area contributed by atoms with Crippen molar-refractivity contribution >= 4 is 26.9 Å². The van der Waals surface area contributed by atoms with E-state index in [0.717, 1.165) is 0 Å². The zero-order chi connectivity index (χ0) is 14.3. The summed E-state index contributed by atoms with van der Waals surface area (Å²) in [6.45, 7) is 0. The van der Waals surface area contributed by atoms with Crippen LogP contribution in [0.3, 0.4) is 0 Å². The van der Waals surface area contributed by atoms with E-state index < -0.39 is 17.7 Å². The molecule has 102 valence electrons. The van der Waals surface area contributed by atoms with E-state index in [4.69, 9.17) is 4.42 Å². The van der Waals surface area contributed by atoms with Crippen LogP contribution in [0, 0.1) is 11.6 Å². The molecule has 0 spiro atoms. The Balaban J connectivity index is 2.07. The van der Waals surface area contributed by atoms with Crippen LogP contribution in [-0.2, 0) is 0 Å². The molecule has 1 N–H and O–H groups in total. The molecule has 0 aliphatic heterocycles. The molecule has 0 bridgehead atoms. The molecule has 0 saturated heterocycles. The van der Waals surface area contributed by atoms with Crippen LogP contribution in [0.4, 0.5) is 8.78 Å². The minimum absolute atomic E-state index is 0.0962. The summed E-state index contributed by atoms with van der Waals surface area (Å²) >= 11 is 3.22. The number of aliphatic hydroxyl groups excluding tert-OH is 1. The van der Waals surface area contributed by atoms with Gasteiger partial charge in [-0.05, 0) is 42.5 Å². The summed E-state index contributed by atoms with van der Waals surface area (Å²) in [5, 5.41) is 10.7. The van der Waals surface area contributed by atoms with Gasteiger partial charge in [-0.3, -0.25) is 0 Å². The lowest BCUT2D eigenvalue weighted by atomic mass is 10.1. The molecule has 1 atom stereocenters. The average Bonchev–Trinajstić information content (AvgIpc) is 2.83. The largest absolute Gasteiger partial charge is 0.458 e. The zero-order valence-corrected chi connectivity index (χ0v) is 11.7. The van der Waals surface area contributed by atoms with E-state index in [0.29, 0.717) is 15.4 Å². The fourth-order valence-electron chi connectivity index (χ4n) is 2.05. The van der Waals surface area contributed by atoms with Crippen LogP contribution in [-0.4, -0.2) is 5.11 Å². The lowest BCUT2D eigenvalue weighted by Gasteiger charge is -2.09. The van der Waals surface area contributed by atoms with E-state index in [9.17, 15) is 13.9 Å². The van der Waals surface area contributed by atoms with E-state index in [-0.39, 0.29) is 11.3 Å². The first-order valence-corrected chi connectivity index (χ1v) is 6.66. The minimum Gasteiger partial charge on any atom is -0.458 e. The Labute approximate surface area is 121 Å². The van der Waals surface area contributed by atoms with Gasteiger partial charge in [0.05, 0.1) is 0 Å². The van der Waals surface area contributed by atoms with Gasteiger partial charge in [0.15, 0.2) is 0 Å². The van der Waals surface area contributed by atoms with Gasteiger partial charge >= 0.3 is 0 Å². The number of fused-ring (bicyclic) bond motifs is 1. The topological polar surface area (TPSA) is 33.4 Å². The Bertz CT molecular complexity index is 783. The Morgan fingerprint density at radius 2 is 1.85 bits per heavy atom. The summed E-state index contributed by atoms with van der Waals surface area (Å²) < 4.78 is 32.9. The monoisotopic (exact) mass is 338 g/mol. The van der Waals surface area contributed by atoms with Gasteiger partial charge in [0, 0.05) is 15.4 Å². The number of aliphatic hydroxyl groups is 1. The molecule has 3 aromatic rings. The molecule has 0 fully saturated rings. The molecule has 0 saturated carbocycles. The highest BCUT2D eigenvalue weighted by atomic mass is 79.9. The summed E-state index contributed by atoms with van der Waals surface area (Å²) in [6.07, 6.45) is -1.25. The molecule has 2 aromatic carbocycles. The van der Waals surface area contributed by atoms with Crippen molar-refractivity contribution < 1.29 is 18.3 Å². The number of hydrogen-bond donors (Lipinski definition) is 1. The average molecular weight is 339 g/mol. The normalized spacial score (nSPS) is 12.8. The second kappa shape index (κ2) is 5.00. The van der Waals surface area contributed by atoms with Gasteiger partial charge < -0.3 is 9.52 Å². The fourth-order valence-corrected chi connectivity index (χ4v) is 2.43. The third-order valence-electron chi connectivity index (χ3n) is 3.02. The van der Waals surface area contributed by atoms with Crippen LogP contribution in [0.1, 0.15) is 17.4 Å². The van der Waals surface area contributed by atoms with E-state index in [2.05, 4.69) is 15.9 Å². The predicted octanol–water partition coefficient (Wildman–Crippen LogP) is 4.56. The lowest BCUT2D eigenvalue weighted by Crippen LogP contribution is -2.01. The Morgan fingerprint density at radius 1 is 1.05 bits per heavy atom. The molecule has 2 nitrogen and oxygen atoms in total. The number of halogens is 3. The van der Waals surface area contributed by atoms with Crippen LogP contribution in [0.25, 0.3) is 11.0 Å². The second-order valence-electron chi connectivity index (χ2n) is 4.40. The number of rotatable bonds is 2. The molecule has 0 aliphatic rings. The molecule has 0 radical (unpaired) electrons. The summed E-state index contributed by atoms with van der Waals surface area (Å²) in [6, 6.07) is 9.81. The van der Waals surface area contributed by atoms with Crippen LogP contribution < -0.4 is 0 Å². The SMILES string of the molecule is OC(c1cc2cc(F)ccc2o1)c1cc(Br)ccc1F. The van der Waals surface area contributed by atoms with Crippen LogP contribution in [0.5, 0.6) is 0 Å². The summed E-state index contributed by atoms with van der Waals surface area (Å²) in [7, 11) is 0. The van der Waals surface area contributed by atoms with Crippen molar-refractivity contribution in [2.24, 2.45) is 0 Å². The molecular formula is C15H9BrF2O2. The molecule has 20 heavy (non-hydrogen) atoms. The van der Waals surface area contributed by atoms with Gasteiger partial charge in [-0.1, -0.05) is 15.9 Å². The Morgan fingerprint density at radius 3 is 2.65 bits per heavy atom. The molecular weight excluding hydrogens is 330 g/mol. The molecule has 0 aliphatic carbocycles. The number of benzene rings is 2. The van der Waals surface area contributed by atoms with E-state index in [1.54, 1.807) is 6.07 Å². The quantitative estimate of drug-likeness (QED) is 0.743. The summed E-state index contributed by atoms with van der Waals surface area (Å²) in [5.74, 6) is -0.761. The Kier molecular flexibility index (Phi) is 3.31. The zero-order valence-electron chi connectivity index (χ0n) is 10.1. The maximum atomic E-state index is 13.7. The van der Waals surface area contributed by atoms with Gasteiger partial charge in [-0.2, -0.15) is 0 Å². The number of furan rings is 1. The molecule has 3 rings (SSSR count). The first-order valence-electron chi connectivity index (χ1n) is 5.86. The van der Waals surface area contributed by atoms with Gasteiger partial charge in [-0.15, -0.1) is 0 Å². The number of hydrogen-bond acceptors (Lipinski definition) is 2. The van der Waals surface area contributed by atoms with Crippen LogP contribution in [0.15, 0.2) is 51.4 Å². The Hall–Kier alpha value is -1.72. The van der Waals surface area contributed by atoms with Crippen molar-refractivity contribution in [1.29, 1.82) is 0 Å². The van der Waals surface area contributed by atoms with Crippen molar-refractivity contribution in [2.45, 2.75) is 6.10 Å². The molecule has 5 heteroatoms. The first kappa shape index (κ1) is 13.3. The van der Waals surface area contributed by atoms with E-state index >= 15 is 0 Å². The maximum absolute atomic E-state index is 13.7. The highest BCUT2D eigenvalue weighted by Gasteiger charge is 2.19. The highest BCUT2D eigenvalue weighted by Crippen LogP contribution is 2.31. The fraction of sp³-hybridized carbons (Fsp3) is 0.0667. The minimum atomic E-state index is -1.25. The standard InChI is InChI=1S/C15H9BrF2O2/c16-9-1-3-12(18)11(7-9)15(19)14-6-8-5-10(17)2-4-13(8)20-14/h1-7,15,19H. The van der Waals surface area contributed by atoms with E-state index in [1.165, 1.54) is 36.4 Å².